The smallest absolute Gasteiger partial charge is 0.303 e. The first-order valence-electron chi connectivity index (χ1n) is 6.00. The van der Waals surface area contributed by atoms with Crippen LogP contribution in [0.2, 0.25) is 0 Å². The van der Waals surface area contributed by atoms with Crippen LogP contribution in [-0.4, -0.2) is 54.3 Å². The second-order valence-corrected chi connectivity index (χ2v) is 7.38. The fourth-order valence-corrected chi connectivity index (χ4v) is 3.85. The highest BCUT2D eigenvalue weighted by atomic mass is 32.2. The summed E-state index contributed by atoms with van der Waals surface area (Å²) in [5.74, 6) is -1.09. The third-order valence-electron chi connectivity index (χ3n) is 2.72. The Morgan fingerprint density at radius 2 is 2.11 bits per heavy atom. The molecule has 1 fully saturated rings. The molecular formula is C11H21NO5S. The minimum atomic E-state index is -3.39. The van der Waals surface area contributed by atoms with E-state index in [0.717, 1.165) is 0 Å². The molecule has 1 saturated heterocycles. The molecule has 1 aliphatic rings. The summed E-state index contributed by atoms with van der Waals surface area (Å²) >= 11 is 0. The van der Waals surface area contributed by atoms with Crippen LogP contribution in [0.1, 0.15) is 33.6 Å². The molecule has 0 aliphatic carbocycles. The van der Waals surface area contributed by atoms with E-state index in [9.17, 15) is 13.2 Å². The SMILES string of the molecule is CC1CN(S(=O)(=O)CCCC(=O)O)CC(C)(C)O1. The lowest BCUT2D eigenvalue weighted by Gasteiger charge is -2.40. The van der Waals surface area contributed by atoms with Crippen molar-refractivity contribution in [3.63, 3.8) is 0 Å². The number of carboxylic acid groups (broad SMARTS) is 1. The van der Waals surface area contributed by atoms with Gasteiger partial charge >= 0.3 is 5.97 Å². The Morgan fingerprint density at radius 1 is 1.50 bits per heavy atom. The molecule has 1 aliphatic heterocycles. The van der Waals surface area contributed by atoms with Crippen molar-refractivity contribution in [3.05, 3.63) is 0 Å². The number of nitrogens with zero attached hydrogens (tertiary/aromatic N) is 1. The van der Waals surface area contributed by atoms with Crippen LogP contribution in [0.3, 0.4) is 0 Å². The molecular weight excluding hydrogens is 258 g/mol. The van der Waals surface area contributed by atoms with Gasteiger partial charge in [0, 0.05) is 19.5 Å². The van der Waals surface area contributed by atoms with Gasteiger partial charge in [-0.1, -0.05) is 0 Å². The van der Waals surface area contributed by atoms with E-state index in [1.165, 1.54) is 4.31 Å². The Hall–Kier alpha value is -0.660. The maximum absolute atomic E-state index is 12.1. The summed E-state index contributed by atoms with van der Waals surface area (Å²) in [4.78, 5) is 10.4. The van der Waals surface area contributed by atoms with Crippen LogP contribution in [0.25, 0.3) is 0 Å². The van der Waals surface area contributed by atoms with Gasteiger partial charge in [0.25, 0.3) is 0 Å². The molecule has 6 nitrogen and oxygen atoms in total. The Bertz CT molecular complexity index is 404. The molecule has 1 heterocycles. The van der Waals surface area contributed by atoms with E-state index < -0.39 is 21.6 Å². The molecule has 0 bridgehead atoms. The largest absolute Gasteiger partial charge is 0.481 e. The number of rotatable bonds is 5. The van der Waals surface area contributed by atoms with Gasteiger partial charge in [0.15, 0.2) is 0 Å². The number of morpholine rings is 1. The lowest BCUT2D eigenvalue weighted by atomic mass is 10.1. The third kappa shape index (κ3) is 4.55. The zero-order valence-corrected chi connectivity index (χ0v) is 11.9. The molecule has 0 radical (unpaired) electrons. The zero-order chi connectivity index (χ0) is 14.0. The van der Waals surface area contributed by atoms with Gasteiger partial charge in [0.1, 0.15) is 0 Å². The Labute approximate surface area is 108 Å². The van der Waals surface area contributed by atoms with Crippen LogP contribution in [0.15, 0.2) is 0 Å². The van der Waals surface area contributed by atoms with Crippen molar-refractivity contribution in [1.29, 1.82) is 0 Å². The monoisotopic (exact) mass is 279 g/mol. The molecule has 1 rings (SSSR count). The maximum atomic E-state index is 12.1. The van der Waals surface area contributed by atoms with Crippen LogP contribution in [-0.2, 0) is 19.6 Å². The highest BCUT2D eigenvalue weighted by Gasteiger charge is 2.36. The predicted molar refractivity (Wildman–Crippen MR) is 66.9 cm³/mol. The molecule has 1 N–H and O–H groups in total. The van der Waals surface area contributed by atoms with E-state index in [4.69, 9.17) is 9.84 Å². The Kier molecular flexibility index (Phi) is 4.74. The van der Waals surface area contributed by atoms with E-state index >= 15 is 0 Å². The van der Waals surface area contributed by atoms with Gasteiger partial charge in [-0.15, -0.1) is 0 Å². The lowest BCUT2D eigenvalue weighted by Crippen LogP contribution is -2.54. The van der Waals surface area contributed by atoms with Crippen LogP contribution in [0, 0.1) is 0 Å². The van der Waals surface area contributed by atoms with Crippen LogP contribution in [0.5, 0.6) is 0 Å². The molecule has 7 heteroatoms. The average molecular weight is 279 g/mol. The topological polar surface area (TPSA) is 83.9 Å². The number of hydrogen-bond donors (Lipinski definition) is 1. The van der Waals surface area contributed by atoms with Crippen LogP contribution < -0.4 is 0 Å². The summed E-state index contributed by atoms with van der Waals surface area (Å²) in [7, 11) is -3.39. The number of sulfonamides is 1. The number of ether oxygens (including phenoxy) is 1. The second-order valence-electron chi connectivity index (χ2n) is 5.29. The molecule has 0 aromatic heterocycles. The van der Waals surface area contributed by atoms with E-state index in [1.54, 1.807) is 0 Å². The van der Waals surface area contributed by atoms with Gasteiger partial charge in [0.2, 0.25) is 10.0 Å². The van der Waals surface area contributed by atoms with Crippen molar-refractivity contribution < 1.29 is 23.1 Å². The van der Waals surface area contributed by atoms with Gasteiger partial charge in [0.05, 0.1) is 17.5 Å². The lowest BCUT2D eigenvalue weighted by molar-refractivity contribution is -0.137. The van der Waals surface area contributed by atoms with E-state index in [1.807, 2.05) is 20.8 Å². The van der Waals surface area contributed by atoms with Gasteiger partial charge in [-0.3, -0.25) is 4.79 Å². The number of hydrogen-bond acceptors (Lipinski definition) is 4. The molecule has 1 unspecified atom stereocenters. The fraction of sp³-hybridized carbons (Fsp3) is 0.909. The molecule has 0 spiro atoms. The van der Waals surface area contributed by atoms with Crippen LogP contribution >= 0.6 is 0 Å². The summed E-state index contributed by atoms with van der Waals surface area (Å²) < 4.78 is 31.2. The zero-order valence-electron chi connectivity index (χ0n) is 11.0. The van der Waals surface area contributed by atoms with Crippen molar-refractivity contribution in [2.24, 2.45) is 0 Å². The summed E-state index contributed by atoms with van der Waals surface area (Å²) in [5, 5.41) is 8.52. The molecule has 0 amide bonds. The van der Waals surface area contributed by atoms with E-state index in [-0.39, 0.29) is 24.7 Å². The van der Waals surface area contributed by atoms with Crippen molar-refractivity contribution in [3.8, 4) is 0 Å². The predicted octanol–water partition coefficient (Wildman–Crippen LogP) is 0.680. The Morgan fingerprint density at radius 3 is 2.61 bits per heavy atom. The van der Waals surface area contributed by atoms with E-state index in [2.05, 4.69) is 0 Å². The minimum absolute atomic E-state index is 0.123. The normalized spacial score (nSPS) is 24.9. The van der Waals surface area contributed by atoms with E-state index in [0.29, 0.717) is 13.1 Å². The standard InChI is InChI=1S/C11H21NO5S/c1-9-7-12(8-11(2,3)17-9)18(15,16)6-4-5-10(13)14/h9H,4-8H2,1-3H3,(H,13,14). The maximum Gasteiger partial charge on any atom is 0.303 e. The highest BCUT2D eigenvalue weighted by Crippen LogP contribution is 2.23. The fourth-order valence-electron chi connectivity index (χ4n) is 2.14. The van der Waals surface area contributed by atoms with Crippen molar-refractivity contribution in [2.45, 2.75) is 45.3 Å². The summed E-state index contributed by atoms with van der Waals surface area (Å²) in [6.07, 6.45) is -0.130. The number of carbonyl (C=O) groups is 1. The summed E-state index contributed by atoms with van der Waals surface area (Å²) in [5.41, 5.74) is -0.502. The molecule has 1 atom stereocenters. The highest BCUT2D eigenvalue weighted by molar-refractivity contribution is 7.89. The molecule has 0 aromatic carbocycles. The van der Waals surface area contributed by atoms with Gasteiger partial charge in [-0.05, 0) is 27.2 Å². The molecule has 106 valence electrons. The molecule has 18 heavy (non-hydrogen) atoms. The summed E-state index contributed by atoms with van der Waals surface area (Å²) in [6.45, 7) is 6.18. The molecule has 0 aromatic rings. The first-order chi connectivity index (χ1) is 8.12. The van der Waals surface area contributed by atoms with Crippen molar-refractivity contribution >= 4 is 16.0 Å². The number of aliphatic carboxylic acids is 1. The first kappa shape index (κ1) is 15.4. The quantitative estimate of drug-likeness (QED) is 0.800. The molecule has 0 saturated carbocycles. The minimum Gasteiger partial charge on any atom is -0.481 e. The third-order valence-corrected chi connectivity index (χ3v) is 4.59. The second kappa shape index (κ2) is 5.54. The number of carboxylic acids is 1. The van der Waals surface area contributed by atoms with Gasteiger partial charge in [-0.2, -0.15) is 4.31 Å². The Balaban J connectivity index is 2.64. The van der Waals surface area contributed by atoms with Crippen molar-refractivity contribution in [1.82, 2.24) is 4.31 Å². The first-order valence-corrected chi connectivity index (χ1v) is 7.61. The van der Waals surface area contributed by atoms with Crippen molar-refractivity contribution in [2.75, 3.05) is 18.8 Å². The van der Waals surface area contributed by atoms with Gasteiger partial charge in [-0.25, -0.2) is 8.42 Å². The average Bonchev–Trinajstić information content (AvgIpc) is 2.13. The summed E-state index contributed by atoms with van der Waals surface area (Å²) in [6, 6.07) is 0. The van der Waals surface area contributed by atoms with Gasteiger partial charge < -0.3 is 9.84 Å². The van der Waals surface area contributed by atoms with Crippen LogP contribution in [0.4, 0.5) is 0 Å².